The summed E-state index contributed by atoms with van der Waals surface area (Å²) in [4.78, 5) is 2.60. The van der Waals surface area contributed by atoms with E-state index in [0.717, 1.165) is 37.2 Å². The maximum Gasteiger partial charge on any atom is 0.180 e. The summed E-state index contributed by atoms with van der Waals surface area (Å²) in [6, 6.07) is 11.5. The standard InChI is InChI=1S/C26H38Cl2N2O2.2ClH/c1-4-6-14-30(15-7-5-2)16-8-13-29-19-22-17-24(28)26(25(18-22)31-3)32-20-21-9-11-23(27)12-10-21;;/h9-12,17-18,29H,4-8,13-16,19-20H2,1-3H3;2*1H. The molecule has 0 unspecified atom stereocenters. The highest BCUT2D eigenvalue weighted by atomic mass is 35.5. The zero-order valence-corrected chi connectivity index (χ0v) is 23.7. The van der Waals surface area contributed by atoms with Gasteiger partial charge in [-0.25, -0.2) is 0 Å². The molecule has 0 bridgehead atoms. The third-order valence-electron chi connectivity index (χ3n) is 5.40. The van der Waals surface area contributed by atoms with Gasteiger partial charge in [0.1, 0.15) is 6.61 Å². The Bertz CT molecular complexity index is 783. The number of unbranched alkanes of at least 4 members (excludes halogenated alkanes) is 2. The molecule has 0 aromatic heterocycles. The summed E-state index contributed by atoms with van der Waals surface area (Å²) in [5.74, 6) is 1.21. The first kappa shape index (κ1) is 33.1. The predicted molar refractivity (Wildman–Crippen MR) is 151 cm³/mol. The smallest absolute Gasteiger partial charge is 0.180 e. The van der Waals surface area contributed by atoms with Crippen LogP contribution < -0.4 is 14.8 Å². The minimum atomic E-state index is 0. The topological polar surface area (TPSA) is 33.7 Å². The molecule has 34 heavy (non-hydrogen) atoms. The highest BCUT2D eigenvalue weighted by molar-refractivity contribution is 6.32. The van der Waals surface area contributed by atoms with Crippen molar-refractivity contribution in [3.63, 3.8) is 0 Å². The Kier molecular flexibility index (Phi) is 18.8. The molecule has 0 amide bonds. The van der Waals surface area contributed by atoms with E-state index in [0.29, 0.717) is 28.2 Å². The molecule has 0 fully saturated rings. The highest BCUT2D eigenvalue weighted by Gasteiger charge is 2.12. The molecular formula is C26H40Cl4N2O2. The van der Waals surface area contributed by atoms with E-state index in [-0.39, 0.29) is 24.8 Å². The molecule has 0 saturated heterocycles. The molecular weight excluding hydrogens is 514 g/mol. The second kappa shape index (κ2) is 19.3. The number of halogens is 4. The molecule has 1 N–H and O–H groups in total. The second-order valence-corrected chi connectivity index (χ2v) is 8.95. The van der Waals surface area contributed by atoms with Crippen LogP contribution in [0, 0.1) is 0 Å². The Morgan fingerprint density at radius 1 is 0.853 bits per heavy atom. The van der Waals surface area contributed by atoms with Crippen LogP contribution in [-0.2, 0) is 13.2 Å². The van der Waals surface area contributed by atoms with Crippen LogP contribution in [0.15, 0.2) is 36.4 Å². The number of methoxy groups -OCH3 is 1. The summed E-state index contributed by atoms with van der Waals surface area (Å²) in [6.45, 7) is 10.2. The molecule has 0 aliphatic rings. The van der Waals surface area contributed by atoms with Crippen molar-refractivity contribution in [3.05, 3.63) is 57.6 Å². The molecule has 0 aliphatic carbocycles. The average Bonchev–Trinajstić information content (AvgIpc) is 2.80. The van der Waals surface area contributed by atoms with E-state index in [1.54, 1.807) is 7.11 Å². The van der Waals surface area contributed by atoms with Gasteiger partial charge in [-0.2, -0.15) is 0 Å². The number of nitrogens with zero attached hydrogens (tertiary/aromatic N) is 1. The molecule has 194 valence electrons. The number of hydrogen-bond acceptors (Lipinski definition) is 4. The first-order valence-electron chi connectivity index (χ1n) is 11.7. The summed E-state index contributed by atoms with van der Waals surface area (Å²) in [6.07, 6.45) is 6.20. The van der Waals surface area contributed by atoms with Crippen molar-refractivity contribution in [2.75, 3.05) is 33.3 Å². The van der Waals surface area contributed by atoms with Crippen molar-refractivity contribution < 1.29 is 9.47 Å². The Morgan fingerprint density at radius 3 is 2.06 bits per heavy atom. The zero-order chi connectivity index (χ0) is 23.2. The van der Waals surface area contributed by atoms with E-state index < -0.39 is 0 Å². The van der Waals surface area contributed by atoms with E-state index in [1.165, 1.54) is 38.8 Å². The van der Waals surface area contributed by atoms with Crippen molar-refractivity contribution in [2.45, 2.75) is 59.1 Å². The molecule has 2 aromatic carbocycles. The van der Waals surface area contributed by atoms with Gasteiger partial charge in [-0.1, -0.05) is 62.0 Å². The minimum Gasteiger partial charge on any atom is -0.493 e. The fourth-order valence-electron chi connectivity index (χ4n) is 3.51. The van der Waals surface area contributed by atoms with Gasteiger partial charge in [0.2, 0.25) is 0 Å². The molecule has 0 atom stereocenters. The normalized spacial score (nSPS) is 10.5. The van der Waals surface area contributed by atoms with Gasteiger partial charge in [0.25, 0.3) is 0 Å². The van der Waals surface area contributed by atoms with E-state index in [4.69, 9.17) is 32.7 Å². The van der Waals surface area contributed by atoms with Crippen molar-refractivity contribution in [1.29, 1.82) is 0 Å². The van der Waals surface area contributed by atoms with Gasteiger partial charge in [-0.3, -0.25) is 0 Å². The minimum absolute atomic E-state index is 0. The summed E-state index contributed by atoms with van der Waals surface area (Å²) in [5.41, 5.74) is 2.10. The van der Waals surface area contributed by atoms with E-state index in [9.17, 15) is 0 Å². The average molecular weight is 554 g/mol. The maximum atomic E-state index is 6.52. The van der Waals surface area contributed by atoms with Gasteiger partial charge < -0.3 is 19.7 Å². The molecule has 0 radical (unpaired) electrons. The largest absolute Gasteiger partial charge is 0.493 e. The van der Waals surface area contributed by atoms with Crippen LogP contribution in [-0.4, -0.2) is 38.2 Å². The van der Waals surface area contributed by atoms with Crippen molar-refractivity contribution in [3.8, 4) is 11.5 Å². The predicted octanol–water partition coefficient (Wildman–Crippen LogP) is 7.81. The lowest BCUT2D eigenvalue weighted by molar-refractivity contribution is 0.261. The van der Waals surface area contributed by atoms with Gasteiger partial charge in [-0.15, -0.1) is 24.8 Å². The van der Waals surface area contributed by atoms with Crippen LogP contribution in [0.25, 0.3) is 0 Å². The number of benzene rings is 2. The summed E-state index contributed by atoms with van der Waals surface area (Å²) in [5, 5.41) is 4.80. The molecule has 0 saturated carbocycles. The summed E-state index contributed by atoms with van der Waals surface area (Å²) in [7, 11) is 1.64. The van der Waals surface area contributed by atoms with E-state index >= 15 is 0 Å². The Labute approximate surface area is 228 Å². The van der Waals surface area contributed by atoms with Gasteiger partial charge >= 0.3 is 0 Å². The summed E-state index contributed by atoms with van der Waals surface area (Å²) >= 11 is 12.5. The lowest BCUT2D eigenvalue weighted by Crippen LogP contribution is -2.29. The van der Waals surface area contributed by atoms with Gasteiger partial charge in [0.15, 0.2) is 11.5 Å². The Morgan fingerprint density at radius 2 is 1.47 bits per heavy atom. The fourth-order valence-corrected chi connectivity index (χ4v) is 3.92. The van der Waals surface area contributed by atoms with Gasteiger partial charge in [0, 0.05) is 11.6 Å². The first-order valence-corrected chi connectivity index (χ1v) is 12.5. The third-order valence-corrected chi connectivity index (χ3v) is 5.93. The quantitative estimate of drug-likeness (QED) is 0.215. The molecule has 2 rings (SSSR count). The molecule has 0 heterocycles. The Balaban J connectivity index is 0.00000544. The van der Waals surface area contributed by atoms with Crippen LogP contribution in [0.4, 0.5) is 0 Å². The maximum absolute atomic E-state index is 6.52. The van der Waals surface area contributed by atoms with Crippen LogP contribution in [0.3, 0.4) is 0 Å². The molecule has 0 aliphatic heterocycles. The van der Waals surface area contributed by atoms with Crippen LogP contribution >= 0.6 is 48.0 Å². The van der Waals surface area contributed by atoms with E-state index in [1.807, 2.05) is 36.4 Å². The molecule has 2 aromatic rings. The third kappa shape index (κ3) is 12.2. The lowest BCUT2D eigenvalue weighted by Gasteiger charge is -2.22. The monoisotopic (exact) mass is 552 g/mol. The van der Waals surface area contributed by atoms with Crippen molar-refractivity contribution in [2.24, 2.45) is 0 Å². The highest BCUT2D eigenvalue weighted by Crippen LogP contribution is 2.37. The van der Waals surface area contributed by atoms with Crippen molar-refractivity contribution in [1.82, 2.24) is 10.2 Å². The first-order chi connectivity index (χ1) is 15.6. The Hall–Kier alpha value is -0.880. The molecule has 8 heteroatoms. The number of hydrogen-bond donors (Lipinski definition) is 1. The fraction of sp³-hybridized carbons (Fsp3) is 0.538. The number of nitrogens with one attached hydrogen (secondary N) is 1. The van der Waals surface area contributed by atoms with Crippen LogP contribution in [0.5, 0.6) is 11.5 Å². The molecule has 4 nitrogen and oxygen atoms in total. The SMILES string of the molecule is CCCCN(CCCC)CCCNCc1cc(Cl)c(OCc2ccc(Cl)cc2)c(OC)c1.Cl.Cl. The van der Waals surface area contributed by atoms with Crippen LogP contribution in [0.2, 0.25) is 10.0 Å². The number of ether oxygens (including phenoxy) is 2. The molecule has 0 spiro atoms. The van der Waals surface area contributed by atoms with E-state index in [2.05, 4.69) is 24.1 Å². The second-order valence-electron chi connectivity index (χ2n) is 8.10. The van der Waals surface area contributed by atoms with Crippen LogP contribution in [0.1, 0.15) is 57.1 Å². The van der Waals surface area contributed by atoms with Crippen molar-refractivity contribution >= 4 is 48.0 Å². The zero-order valence-electron chi connectivity index (χ0n) is 20.6. The lowest BCUT2D eigenvalue weighted by atomic mass is 10.2. The van der Waals surface area contributed by atoms with Gasteiger partial charge in [0.05, 0.1) is 12.1 Å². The summed E-state index contributed by atoms with van der Waals surface area (Å²) < 4.78 is 11.5. The number of rotatable bonds is 16. The van der Waals surface area contributed by atoms with Gasteiger partial charge in [-0.05, 0) is 80.8 Å².